The molecule has 0 aromatic rings. The molecule has 1 atom stereocenters. The lowest BCUT2D eigenvalue weighted by atomic mass is 10.8. The highest BCUT2D eigenvalue weighted by atomic mass is 31.1. The van der Waals surface area contributed by atoms with Gasteiger partial charge in [0, 0.05) is 18.6 Å². The van der Waals surface area contributed by atoms with Gasteiger partial charge in [-0.2, -0.15) is 0 Å². The molecule has 38 valence electrons. The Morgan fingerprint density at radius 3 is 2.86 bits per heavy atom. The minimum Gasteiger partial charge on any atom is -0.369 e. The van der Waals surface area contributed by atoms with Crippen LogP contribution in [0.4, 0.5) is 0 Å². The Labute approximate surface area is 43.4 Å². The van der Waals surface area contributed by atoms with Crippen LogP contribution in [0.25, 0.3) is 0 Å². The van der Waals surface area contributed by atoms with Crippen LogP contribution in [0.3, 0.4) is 0 Å². The molecule has 0 amide bonds. The van der Waals surface area contributed by atoms with Crippen LogP contribution >= 0.6 is 8.15 Å². The molecule has 3 heteroatoms. The van der Waals surface area contributed by atoms with Crippen LogP contribution in [-0.4, -0.2) is 17.3 Å². The lowest BCUT2D eigenvalue weighted by Gasteiger charge is -2.00. The van der Waals surface area contributed by atoms with E-state index >= 15 is 0 Å². The summed E-state index contributed by atoms with van der Waals surface area (Å²) in [5.74, 6) is 1.73. The summed E-state index contributed by atoms with van der Waals surface area (Å²) in [5.41, 5.74) is 0. The molecule has 0 fully saturated rings. The lowest BCUT2D eigenvalue weighted by molar-refractivity contribution is 0.637. The maximum Gasteiger partial charge on any atom is 0.0559 e. The minimum absolute atomic E-state index is 0.728. The Morgan fingerprint density at radius 1 is 1.71 bits per heavy atom. The summed E-state index contributed by atoms with van der Waals surface area (Å²) in [5, 5.41) is 0. The second kappa shape index (κ2) is 2.20. The van der Waals surface area contributed by atoms with Crippen LogP contribution in [0, 0.1) is 0 Å². The monoisotopic (exact) mass is 115 g/mol. The molecule has 0 aromatic carbocycles. The van der Waals surface area contributed by atoms with Gasteiger partial charge < -0.3 is 4.89 Å². The van der Waals surface area contributed by atoms with Gasteiger partial charge in [0.2, 0.25) is 0 Å². The van der Waals surface area contributed by atoms with E-state index in [9.17, 15) is 0 Å². The van der Waals surface area contributed by atoms with Crippen molar-refractivity contribution < 1.29 is 4.89 Å². The first-order valence-corrected chi connectivity index (χ1v) is 3.58. The van der Waals surface area contributed by atoms with Gasteiger partial charge in [0.15, 0.2) is 0 Å². The zero-order valence-corrected chi connectivity index (χ0v) is 4.68. The third kappa shape index (κ3) is 1.38. The third-order valence-corrected chi connectivity index (χ3v) is 1.71. The van der Waals surface area contributed by atoms with Gasteiger partial charge in [0.25, 0.3) is 0 Å². The molecule has 2 nitrogen and oxygen atoms in total. The van der Waals surface area contributed by atoms with Crippen LogP contribution in [0.2, 0.25) is 0 Å². The highest BCUT2D eigenvalue weighted by Gasteiger charge is 1.96. The lowest BCUT2D eigenvalue weighted by Crippen LogP contribution is -1.84. The van der Waals surface area contributed by atoms with Crippen molar-refractivity contribution in [3.8, 4) is 0 Å². The minimum atomic E-state index is -0.822. The van der Waals surface area contributed by atoms with Gasteiger partial charge in [-0.05, 0) is 5.82 Å². The fourth-order valence-corrected chi connectivity index (χ4v) is 0.982. The quantitative estimate of drug-likeness (QED) is 0.468. The second-order valence-corrected chi connectivity index (χ2v) is 2.79. The van der Waals surface area contributed by atoms with E-state index in [0.29, 0.717) is 0 Å². The molecule has 0 radical (unpaired) electrons. The number of hydrogen-bond donors (Lipinski definition) is 1. The Balaban J connectivity index is 2.49. The molecular formula is C4H6NOP. The number of nitrogens with zero attached hydrogens (tertiary/aromatic N) is 1. The maximum atomic E-state index is 8.80. The van der Waals surface area contributed by atoms with E-state index in [4.69, 9.17) is 4.89 Å². The van der Waals surface area contributed by atoms with E-state index in [2.05, 4.69) is 4.99 Å². The second-order valence-electron chi connectivity index (χ2n) is 1.25. The SMILES string of the molecule is OP1C=CN=CC1. The summed E-state index contributed by atoms with van der Waals surface area (Å²) in [4.78, 5) is 12.6. The largest absolute Gasteiger partial charge is 0.369 e. The average Bonchev–Trinajstić information content (AvgIpc) is 1.69. The molecule has 7 heavy (non-hydrogen) atoms. The molecular weight excluding hydrogens is 109 g/mol. The number of hydrogen-bond acceptors (Lipinski definition) is 2. The van der Waals surface area contributed by atoms with Crippen molar-refractivity contribution in [2.45, 2.75) is 0 Å². The van der Waals surface area contributed by atoms with Crippen molar-refractivity contribution in [3.05, 3.63) is 12.0 Å². The number of rotatable bonds is 0. The maximum absolute atomic E-state index is 8.80. The van der Waals surface area contributed by atoms with E-state index in [0.717, 1.165) is 6.16 Å². The smallest absolute Gasteiger partial charge is 0.0559 e. The summed E-state index contributed by atoms with van der Waals surface area (Å²) in [6.45, 7) is 0. The average molecular weight is 115 g/mol. The molecule has 1 heterocycles. The summed E-state index contributed by atoms with van der Waals surface area (Å²) >= 11 is 0. The van der Waals surface area contributed by atoms with Crippen LogP contribution < -0.4 is 0 Å². The van der Waals surface area contributed by atoms with E-state index in [1.807, 2.05) is 0 Å². The predicted octanol–water partition coefficient (Wildman–Crippen LogP) is 0.931. The van der Waals surface area contributed by atoms with E-state index in [-0.39, 0.29) is 0 Å². The van der Waals surface area contributed by atoms with Crippen LogP contribution in [-0.2, 0) is 0 Å². The third-order valence-electron chi connectivity index (χ3n) is 0.699. The number of aliphatic imine (C=N–C) groups is 1. The molecule has 1 rings (SSSR count). The molecule has 1 aliphatic rings. The van der Waals surface area contributed by atoms with Crippen LogP contribution in [0.5, 0.6) is 0 Å². The molecule has 0 bridgehead atoms. The van der Waals surface area contributed by atoms with Crippen molar-refractivity contribution in [1.82, 2.24) is 0 Å². The Bertz CT molecular complexity index is 110. The molecule has 1 N–H and O–H groups in total. The molecule has 1 unspecified atom stereocenters. The first-order valence-electron chi connectivity index (χ1n) is 2.03. The Hall–Kier alpha value is -0.200. The highest BCUT2D eigenvalue weighted by Crippen LogP contribution is 2.31. The summed E-state index contributed by atoms with van der Waals surface area (Å²) < 4.78 is 0. The molecule has 1 aliphatic heterocycles. The molecule has 0 aromatic heterocycles. The van der Waals surface area contributed by atoms with Crippen molar-refractivity contribution in [2.24, 2.45) is 4.99 Å². The Kier molecular flexibility index (Phi) is 1.55. The topological polar surface area (TPSA) is 32.6 Å². The first kappa shape index (κ1) is 4.95. The zero-order valence-electron chi connectivity index (χ0n) is 3.78. The normalized spacial score (nSPS) is 28.4. The fraction of sp³-hybridized carbons (Fsp3) is 0.250. The van der Waals surface area contributed by atoms with Gasteiger partial charge in [0.05, 0.1) is 8.15 Å². The van der Waals surface area contributed by atoms with E-state index in [1.54, 1.807) is 18.2 Å². The fourth-order valence-electron chi connectivity index (χ4n) is 0.368. The van der Waals surface area contributed by atoms with Crippen molar-refractivity contribution >= 4 is 14.4 Å². The van der Waals surface area contributed by atoms with Crippen molar-refractivity contribution in [2.75, 3.05) is 6.16 Å². The van der Waals surface area contributed by atoms with Gasteiger partial charge in [-0.25, -0.2) is 0 Å². The zero-order chi connectivity index (χ0) is 5.11. The summed E-state index contributed by atoms with van der Waals surface area (Å²) in [6.07, 6.45) is 4.09. The molecule has 0 aliphatic carbocycles. The van der Waals surface area contributed by atoms with Gasteiger partial charge >= 0.3 is 0 Å². The van der Waals surface area contributed by atoms with E-state index < -0.39 is 8.15 Å². The molecule has 0 saturated heterocycles. The van der Waals surface area contributed by atoms with E-state index in [1.165, 1.54) is 0 Å². The van der Waals surface area contributed by atoms with Crippen molar-refractivity contribution in [3.63, 3.8) is 0 Å². The van der Waals surface area contributed by atoms with Gasteiger partial charge in [-0.15, -0.1) is 0 Å². The van der Waals surface area contributed by atoms with Gasteiger partial charge in [-0.3, -0.25) is 4.99 Å². The first-order chi connectivity index (χ1) is 3.39. The molecule has 0 saturated carbocycles. The Morgan fingerprint density at radius 2 is 2.57 bits per heavy atom. The van der Waals surface area contributed by atoms with Crippen molar-refractivity contribution in [1.29, 1.82) is 0 Å². The van der Waals surface area contributed by atoms with Gasteiger partial charge in [-0.1, -0.05) is 0 Å². The predicted molar refractivity (Wildman–Crippen MR) is 31.6 cm³/mol. The highest BCUT2D eigenvalue weighted by molar-refractivity contribution is 7.55. The van der Waals surface area contributed by atoms with Crippen LogP contribution in [0.1, 0.15) is 0 Å². The summed E-state index contributed by atoms with van der Waals surface area (Å²) in [7, 11) is -0.822. The van der Waals surface area contributed by atoms with Gasteiger partial charge in [0.1, 0.15) is 0 Å². The van der Waals surface area contributed by atoms with Crippen LogP contribution in [0.15, 0.2) is 17.0 Å². The summed E-state index contributed by atoms with van der Waals surface area (Å²) in [6, 6.07) is 0. The molecule has 0 spiro atoms. The standard InChI is InChI=1S/C4H6NOP/c6-7-3-1-5-2-4-7/h1-3,6H,4H2.